The quantitative estimate of drug-likeness (QED) is 0.609. The topological polar surface area (TPSA) is 101 Å². The van der Waals surface area contributed by atoms with Gasteiger partial charge in [0.05, 0.1) is 12.1 Å². The van der Waals surface area contributed by atoms with E-state index in [9.17, 15) is 9.59 Å². The van der Waals surface area contributed by atoms with Crippen LogP contribution in [-0.4, -0.2) is 47.9 Å². The molecule has 1 heterocycles. The van der Waals surface area contributed by atoms with Gasteiger partial charge in [0.15, 0.2) is 0 Å². The molecule has 1 saturated heterocycles. The average Bonchev–Trinajstić information content (AvgIpc) is 2.30. The molecule has 19 heavy (non-hydrogen) atoms. The highest BCUT2D eigenvalue weighted by Crippen LogP contribution is 2.13. The maximum atomic E-state index is 12.1. The Balaban J connectivity index is 2.36. The fourth-order valence-corrected chi connectivity index (χ4v) is 2.44. The monoisotopic (exact) mass is 270 g/mol. The minimum Gasteiger partial charge on any atom is -0.369 e. The van der Waals surface area contributed by atoms with Gasteiger partial charge in [-0.15, -0.1) is 0 Å². The van der Waals surface area contributed by atoms with Crippen LogP contribution in [0.1, 0.15) is 39.5 Å². The zero-order valence-corrected chi connectivity index (χ0v) is 11.9. The van der Waals surface area contributed by atoms with E-state index in [1.165, 1.54) is 0 Å². The second kappa shape index (κ2) is 6.86. The Morgan fingerprint density at radius 3 is 2.42 bits per heavy atom. The molecule has 0 aliphatic carbocycles. The van der Waals surface area contributed by atoms with Gasteiger partial charge >= 0.3 is 0 Å². The zero-order chi connectivity index (χ0) is 14.5. The lowest BCUT2D eigenvalue weighted by atomic mass is 9.95. The van der Waals surface area contributed by atoms with Crippen molar-refractivity contribution in [1.29, 1.82) is 0 Å². The first-order chi connectivity index (χ1) is 8.85. The van der Waals surface area contributed by atoms with Crippen LogP contribution in [0.5, 0.6) is 0 Å². The summed E-state index contributed by atoms with van der Waals surface area (Å²) in [5.41, 5.74) is 10.4. The van der Waals surface area contributed by atoms with E-state index in [1.807, 2.05) is 11.8 Å². The van der Waals surface area contributed by atoms with Crippen molar-refractivity contribution in [1.82, 2.24) is 10.2 Å². The average molecular weight is 270 g/mol. The van der Waals surface area contributed by atoms with Crippen LogP contribution in [0, 0.1) is 0 Å². The van der Waals surface area contributed by atoms with E-state index in [4.69, 9.17) is 11.5 Å². The predicted octanol–water partition coefficient (Wildman–Crippen LogP) is -0.430. The SMILES string of the molecule is CCCC(C)(N)C(=O)NC1CCN(CC(N)=O)CC1. The molecule has 2 amide bonds. The molecule has 1 aliphatic heterocycles. The van der Waals surface area contributed by atoms with E-state index in [-0.39, 0.29) is 17.9 Å². The number of hydrogen-bond donors (Lipinski definition) is 3. The molecular formula is C13H26N4O2. The largest absolute Gasteiger partial charge is 0.369 e. The third-order valence-electron chi connectivity index (χ3n) is 3.59. The van der Waals surface area contributed by atoms with Gasteiger partial charge in [-0.25, -0.2) is 0 Å². The van der Waals surface area contributed by atoms with Gasteiger partial charge in [0, 0.05) is 19.1 Å². The maximum Gasteiger partial charge on any atom is 0.240 e. The van der Waals surface area contributed by atoms with Crippen LogP contribution in [0.15, 0.2) is 0 Å². The first-order valence-electron chi connectivity index (χ1n) is 6.95. The van der Waals surface area contributed by atoms with E-state index in [0.717, 1.165) is 32.4 Å². The number of amides is 2. The summed E-state index contributed by atoms with van der Waals surface area (Å²) in [6.45, 7) is 5.64. The van der Waals surface area contributed by atoms with Crippen molar-refractivity contribution in [3.05, 3.63) is 0 Å². The number of likely N-dealkylation sites (tertiary alicyclic amines) is 1. The molecule has 1 unspecified atom stereocenters. The molecule has 0 spiro atoms. The lowest BCUT2D eigenvalue weighted by Crippen LogP contribution is -2.56. The predicted molar refractivity (Wildman–Crippen MR) is 74.3 cm³/mol. The second-order valence-corrected chi connectivity index (χ2v) is 5.66. The van der Waals surface area contributed by atoms with Crippen molar-refractivity contribution in [2.45, 2.75) is 51.1 Å². The molecule has 6 nitrogen and oxygen atoms in total. The van der Waals surface area contributed by atoms with Crippen molar-refractivity contribution in [2.75, 3.05) is 19.6 Å². The van der Waals surface area contributed by atoms with E-state index in [0.29, 0.717) is 13.0 Å². The first kappa shape index (κ1) is 15.9. The highest BCUT2D eigenvalue weighted by atomic mass is 16.2. The summed E-state index contributed by atoms with van der Waals surface area (Å²) >= 11 is 0. The van der Waals surface area contributed by atoms with Crippen LogP contribution in [-0.2, 0) is 9.59 Å². The molecule has 1 rings (SSSR count). The number of carbonyl (C=O) groups is 2. The van der Waals surface area contributed by atoms with Gasteiger partial charge in [0.25, 0.3) is 0 Å². The van der Waals surface area contributed by atoms with E-state index >= 15 is 0 Å². The summed E-state index contributed by atoms with van der Waals surface area (Å²) in [4.78, 5) is 24.9. The standard InChI is InChI=1S/C13H26N4O2/c1-3-6-13(2,15)12(19)16-10-4-7-17(8-5-10)9-11(14)18/h10H,3-9,15H2,1-2H3,(H2,14,18)(H,16,19). The minimum atomic E-state index is -0.793. The van der Waals surface area contributed by atoms with E-state index in [2.05, 4.69) is 5.32 Å². The van der Waals surface area contributed by atoms with E-state index < -0.39 is 5.54 Å². The third kappa shape index (κ3) is 5.16. The van der Waals surface area contributed by atoms with Crippen molar-refractivity contribution in [3.63, 3.8) is 0 Å². The van der Waals surface area contributed by atoms with Crippen molar-refractivity contribution in [3.8, 4) is 0 Å². The van der Waals surface area contributed by atoms with Gasteiger partial charge in [0.1, 0.15) is 0 Å². The summed E-state index contributed by atoms with van der Waals surface area (Å²) in [5.74, 6) is -0.386. The third-order valence-corrected chi connectivity index (χ3v) is 3.59. The second-order valence-electron chi connectivity index (χ2n) is 5.66. The Hall–Kier alpha value is -1.14. The van der Waals surface area contributed by atoms with E-state index in [1.54, 1.807) is 6.92 Å². The number of hydrogen-bond acceptors (Lipinski definition) is 4. The Bertz CT molecular complexity index is 323. The Morgan fingerprint density at radius 1 is 1.37 bits per heavy atom. The fourth-order valence-electron chi connectivity index (χ4n) is 2.44. The van der Waals surface area contributed by atoms with Crippen LogP contribution < -0.4 is 16.8 Å². The Morgan fingerprint density at radius 2 is 1.95 bits per heavy atom. The summed E-state index contributed by atoms with van der Waals surface area (Å²) in [7, 11) is 0. The molecule has 1 fully saturated rings. The summed E-state index contributed by atoms with van der Waals surface area (Å²) in [5, 5.41) is 3.01. The number of nitrogens with one attached hydrogen (secondary N) is 1. The highest BCUT2D eigenvalue weighted by molar-refractivity contribution is 5.85. The smallest absolute Gasteiger partial charge is 0.240 e. The molecule has 1 aliphatic rings. The molecule has 6 heteroatoms. The molecule has 0 aromatic rings. The number of primary amides is 1. The lowest BCUT2D eigenvalue weighted by Gasteiger charge is -2.33. The molecule has 5 N–H and O–H groups in total. The van der Waals surface area contributed by atoms with Gasteiger partial charge in [0.2, 0.25) is 11.8 Å². The highest BCUT2D eigenvalue weighted by Gasteiger charge is 2.30. The number of nitrogens with two attached hydrogens (primary N) is 2. The zero-order valence-electron chi connectivity index (χ0n) is 11.9. The lowest BCUT2D eigenvalue weighted by molar-refractivity contribution is -0.127. The molecule has 0 radical (unpaired) electrons. The summed E-state index contributed by atoms with van der Waals surface area (Å²) in [6, 6.07) is 0.149. The van der Waals surface area contributed by atoms with Gasteiger partial charge < -0.3 is 16.8 Å². The van der Waals surface area contributed by atoms with Gasteiger partial charge in [-0.2, -0.15) is 0 Å². The number of nitrogens with zero attached hydrogens (tertiary/aromatic N) is 1. The summed E-state index contributed by atoms with van der Waals surface area (Å²) in [6.07, 6.45) is 3.24. The molecule has 110 valence electrons. The molecule has 0 bridgehead atoms. The molecule has 0 aromatic heterocycles. The molecular weight excluding hydrogens is 244 g/mol. The van der Waals surface area contributed by atoms with Crippen LogP contribution in [0.3, 0.4) is 0 Å². The van der Waals surface area contributed by atoms with Crippen LogP contribution in [0.4, 0.5) is 0 Å². The molecule has 0 saturated carbocycles. The first-order valence-corrected chi connectivity index (χ1v) is 6.95. The van der Waals surface area contributed by atoms with Crippen molar-refractivity contribution in [2.24, 2.45) is 11.5 Å². The Kier molecular flexibility index (Phi) is 5.75. The normalized spacial score (nSPS) is 20.8. The fraction of sp³-hybridized carbons (Fsp3) is 0.846. The van der Waals surface area contributed by atoms with Gasteiger partial charge in [-0.05, 0) is 26.2 Å². The summed E-state index contributed by atoms with van der Waals surface area (Å²) < 4.78 is 0. The Labute approximate surface area is 114 Å². The van der Waals surface area contributed by atoms with Crippen LogP contribution in [0.25, 0.3) is 0 Å². The van der Waals surface area contributed by atoms with Gasteiger partial charge in [-0.3, -0.25) is 14.5 Å². The van der Waals surface area contributed by atoms with Crippen LogP contribution >= 0.6 is 0 Å². The number of piperidine rings is 1. The minimum absolute atomic E-state index is 0.0808. The molecule has 0 aromatic carbocycles. The van der Waals surface area contributed by atoms with Crippen molar-refractivity contribution >= 4 is 11.8 Å². The number of carbonyl (C=O) groups excluding carboxylic acids is 2. The maximum absolute atomic E-state index is 12.1. The molecule has 1 atom stereocenters. The van der Waals surface area contributed by atoms with Crippen LogP contribution in [0.2, 0.25) is 0 Å². The number of rotatable bonds is 6. The van der Waals surface area contributed by atoms with Crippen molar-refractivity contribution < 1.29 is 9.59 Å². The van der Waals surface area contributed by atoms with Gasteiger partial charge in [-0.1, -0.05) is 13.3 Å².